The molecule has 0 unspecified atom stereocenters. The first kappa shape index (κ1) is 18.9. The first-order chi connectivity index (χ1) is 13.3. The SMILES string of the molecule is CCCCc1ccc(NC(=O)CC(c2ccccc2)c2ccccc2)cc1. The number of rotatable bonds is 8. The van der Waals surface area contributed by atoms with Gasteiger partial charge >= 0.3 is 0 Å². The first-order valence-corrected chi connectivity index (χ1v) is 9.75. The van der Waals surface area contributed by atoms with E-state index in [-0.39, 0.29) is 11.8 Å². The number of hydrogen-bond donors (Lipinski definition) is 1. The van der Waals surface area contributed by atoms with Crippen molar-refractivity contribution in [1.82, 2.24) is 0 Å². The fourth-order valence-electron chi connectivity index (χ4n) is 3.33. The van der Waals surface area contributed by atoms with Gasteiger partial charge in [-0.3, -0.25) is 4.79 Å². The van der Waals surface area contributed by atoms with Crippen LogP contribution in [0.15, 0.2) is 84.9 Å². The van der Waals surface area contributed by atoms with E-state index in [1.807, 2.05) is 48.5 Å². The molecule has 3 aromatic carbocycles. The predicted molar refractivity (Wildman–Crippen MR) is 113 cm³/mol. The lowest BCUT2D eigenvalue weighted by molar-refractivity contribution is -0.116. The Balaban J connectivity index is 1.69. The van der Waals surface area contributed by atoms with Crippen LogP contribution in [0.3, 0.4) is 0 Å². The van der Waals surface area contributed by atoms with Gasteiger partial charge in [-0.1, -0.05) is 86.1 Å². The molecule has 0 atom stereocenters. The molecule has 3 rings (SSSR count). The van der Waals surface area contributed by atoms with Gasteiger partial charge in [0, 0.05) is 18.0 Å². The molecule has 1 N–H and O–H groups in total. The lowest BCUT2D eigenvalue weighted by Crippen LogP contribution is -2.16. The van der Waals surface area contributed by atoms with Crippen molar-refractivity contribution in [2.24, 2.45) is 0 Å². The van der Waals surface area contributed by atoms with Gasteiger partial charge in [0.25, 0.3) is 0 Å². The number of carbonyl (C=O) groups is 1. The van der Waals surface area contributed by atoms with Crippen molar-refractivity contribution >= 4 is 11.6 Å². The van der Waals surface area contributed by atoms with Crippen LogP contribution in [0.2, 0.25) is 0 Å². The maximum absolute atomic E-state index is 12.7. The van der Waals surface area contributed by atoms with Gasteiger partial charge in [0.2, 0.25) is 5.91 Å². The van der Waals surface area contributed by atoms with E-state index in [1.54, 1.807) is 0 Å². The molecule has 0 saturated carbocycles. The number of nitrogens with one attached hydrogen (secondary N) is 1. The minimum Gasteiger partial charge on any atom is -0.326 e. The van der Waals surface area contributed by atoms with E-state index >= 15 is 0 Å². The number of carbonyl (C=O) groups excluding carboxylic acids is 1. The minimum atomic E-state index is 0.0361. The zero-order valence-corrected chi connectivity index (χ0v) is 15.9. The second-order valence-electron chi connectivity index (χ2n) is 6.93. The Kier molecular flexibility index (Phi) is 6.81. The molecule has 0 fully saturated rings. The molecule has 0 spiro atoms. The molecule has 0 bridgehead atoms. The molecule has 0 aromatic heterocycles. The number of benzene rings is 3. The van der Waals surface area contributed by atoms with Gasteiger partial charge in [0.05, 0.1) is 0 Å². The molecule has 0 aliphatic carbocycles. The molecule has 0 saturated heterocycles. The zero-order chi connectivity index (χ0) is 18.9. The van der Waals surface area contributed by atoms with Crippen LogP contribution in [0.4, 0.5) is 5.69 Å². The molecule has 27 heavy (non-hydrogen) atoms. The van der Waals surface area contributed by atoms with Gasteiger partial charge in [-0.2, -0.15) is 0 Å². The smallest absolute Gasteiger partial charge is 0.225 e. The van der Waals surface area contributed by atoms with Gasteiger partial charge in [-0.05, 0) is 41.7 Å². The summed E-state index contributed by atoms with van der Waals surface area (Å²) in [5.41, 5.74) is 4.50. The van der Waals surface area contributed by atoms with Crippen LogP contribution in [0.5, 0.6) is 0 Å². The lowest BCUT2D eigenvalue weighted by atomic mass is 9.88. The van der Waals surface area contributed by atoms with Crippen molar-refractivity contribution in [3.8, 4) is 0 Å². The van der Waals surface area contributed by atoms with Gasteiger partial charge < -0.3 is 5.32 Å². The summed E-state index contributed by atoms with van der Waals surface area (Å²) in [4.78, 5) is 12.7. The van der Waals surface area contributed by atoms with Gasteiger partial charge in [0.1, 0.15) is 0 Å². The summed E-state index contributed by atoms with van der Waals surface area (Å²) in [5, 5.41) is 3.06. The van der Waals surface area contributed by atoms with Gasteiger partial charge in [-0.25, -0.2) is 0 Å². The highest BCUT2D eigenvalue weighted by Gasteiger charge is 2.18. The van der Waals surface area contributed by atoms with Crippen molar-refractivity contribution in [3.63, 3.8) is 0 Å². The Morgan fingerprint density at radius 1 is 0.815 bits per heavy atom. The highest BCUT2D eigenvalue weighted by molar-refractivity contribution is 5.91. The summed E-state index contributed by atoms with van der Waals surface area (Å²) in [6.07, 6.45) is 3.90. The number of hydrogen-bond acceptors (Lipinski definition) is 1. The normalized spacial score (nSPS) is 10.7. The summed E-state index contributed by atoms with van der Waals surface area (Å²) < 4.78 is 0. The van der Waals surface area contributed by atoms with Crippen molar-refractivity contribution in [2.75, 3.05) is 5.32 Å². The molecular weight excluding hydrogens is 330 g/mol. The molecule has 0 aliphatic heterocycles. The van der Waals surface area contributed by atoms with Gasteiger partial charge in [-0.15, -0.1) is 0 Å². The third kappa shape index (κ3) is 5.55. The van der Waals surface area contributed by atoms with Crippen LogP contribution >= 0.6 is 0 Å². The van der Waals surface area contributed by atoms with Crippen molar-refractivity contribution < 1.29 is 4.79 Å². The average Bonchev–Trinajstić information content (AvgIpc) is 2.73. The lowest BCUT2D eigenvalue weighted by Gasteiger charge is -2.18. The Morgan fingerprint density at radius 2 is 1.37 bits per heavy atom. The zero-order valence-electron chi connectivity index (χ0n) is 15.9. The van der Waals surface area contributed by atoms with Crippen LogP contribution in [0.25, 0.3) is 0 Å². The molecule has 1 amide bonds. The second-order valence-corrected chi connectivity index (χ2v) is 6.93. The highest BCUT2D eigenvalue weighted by atomic mass is 16.1. The van der Waals surface area contributed by atoms with Crippen molar-refractivity contribution in [3.05, 3.63) is 102 Å². The van der Waals surface area contributed by atoms with Crippen LogP contribution in [-0.4, -0.2) is 5.91 Å². The summed E-state index contributed by atoms with van der Waals surface area (Å²) in [6.45, 7) is 2.20. The summed E-state index contributed by atoms with van der Waals surface area (Å²) in [6, 6.07) is 28.7. The Morgan fingerprint density at radius 3 is 1.89 bits per heavy atom. The standard InChI is InChI=1S/C25H27NO/c1-2-3-10-20-15-17-23(18-16-20)26-25(27)19-24(21-11-6-4-7-12-21)22-13-8-5-9-14-22/h4-9,11-18,24H,2-3,10,19H2,1H3,(H,26,27). The monoisotopic (exact) mass is 357 g/mol. The number of anilines is 1. The molecule has 3 aromatic rings. The largest absolute Gasteiger partial charge is 0.326 e. The van der Waals surface area contributed by atoms with Crippen LogP contribution in [-0.2, 0) is 11.2 Å². The molecular formula is C25H27NO. The maximum Gasteiger partial charge on any atom is 0.225 e. The predicted octanol–water partition coefficient (Wildman–Crippen LogP) is 6.19. The van der Waals surface area contributed by atoms with Crippen LogP contribution in [0.1, 0.15) is 48.8 Å². The van der Waals surface area contributed by atoms with E-state index in [0.29, 0.717) is 6.42 Å². The third-order valence-electron chi connectivity index (χ3n) is 4.85. The molecule has 2 nitrogen and oxygen atoms in total. The fourth-order valence-corrected chi connectivity index (χ4v) is 3.33. The van der Waals surface area contributed by atoms with Crippen LogP contribution < -0.4 is 5.32 Å². The summed E-state index contributed by atoms with van der Waals surface area (Å²) in [7, 11) is 0. The number of amides is 1. The summed E-state index contributed by atoms with van der Waals surface area (Å²) >= 11 is 0. The van der Waals surface area contributed by atoms with Crippen molar-refractivity contribution in [1.29, 1.82) is 0 Å². The Labute approximate surface area is 162 Å². The topological polar surface area (TPSA) is 29.1 Å². The van der Waals surface area contributed by atoms with E-state index in [1.165, 1.54) is 18.4 Å². The molecule has 2 heteroatoms. The van der Waals surface area contributed by atoms with Crippen molar-refractivity contribution in [2.45, 2.75) is 38.5 Å². The molecule has 0 radical (unpaired) electrons. The maximum atomic E-state index is 12.7. The number of unbranched alkanes of at least 4 members (excludes halogenated alkanes) is 1. The molecule has 138 valence electrons. The van der Waals surface area contributed by atoms with E-state index < -0.39 is 0 Å². The van der Waals surface area contributed by atoms with E-state index in [4.69, 9.17) is 0 Å². The van der Waals surface area contributed by atoms with E-state index in [0.717, 1.165) is 23.2 Å². The number of aryl methyl sites for hydroxylation is 1. The van der Waals surface area contributed by atoms with Gasteiger partial charge in [0.15, 0.2) is 0 Å². The third-order valence-corrected chi connectivity index (χ3v) is 4.85. The quantitative estimate of drug-likeness (QED) is 0.512. The Hall–Kier alpha value is -2.87. The minimum absolute atomic E-state index is 0.0361. The first-order valence-electron chi connectivity index (χ1n) is 9.75. The summed E-state index contributed by atoms with van der Waals surface area (Å²) in [5.74, 6) is 0.0882. The molecule has 0 heterocycles. The van der Waals surface area contributed by atoms with Crippen LogP contribution in [0, 0.1) is 0 Å². The highest BCUT2D eigenvalue weighted by Crippen LogP contribution is 2.28. The second kappa shape index (κ2) is 9.72. The fraction of sp³-hybridized carbons (Fsp3) is 0.240. The van der Waals surface area contributed by atoms with E-state index in [2.05, 4.69) is 48.6 Å². The van der Waals surface area contributed by atoms with E-state index in [9.17, 15) is 4.79 Å². The molecule has 0 aliphatic rings. The Bertz CT molecular complexity index is 786. The average molecular weight is 357 g/mol.